The van der Waals surface area contributed by atoms with Gasteiger partial charge in [-0.15, -0.1) is 11.6 Å². The van der Waals surface area contributed by atoms with Gasteiger partial charge in [0.25, 0.3) is 0 Å². The van der Waals surface area contributed by atoms with Crippen LogP contribution in [0, 0.1) is 0 Å². The number of H-pyrrole nitrogens is 1. The molecule has 5 heteroatoms. The maximum absolute atomic E-state index is 12.5. The first-order chi connectivity index (χ1) is 10.8. The number of carbonyl (C=O) groups is 1. The highest BCUT2D eigenvalue weighted by Crippen LogP contribution is 2.41. The quantitative estimate of drug-likeness (QED) is 0.661. The molecule has 3 rings (SSSR count). The van der Waals surface area contributed by atoms with Gasteiger partial charge in [-0.25, -0.2) is 4.79 Å². The Hall–Kier alpha value is -1.52. The number of halogens is 1. The molecule has 2 heterocycles. The lowest BCUT2D eigenvalue weighted by atomic mass is 9.78. The molecule has 0 aliphatic carbocycles. The van der Waals surface area contributed by atoms with Crippen molar-refractivity contribution in [1.82, 2.24) is 10.3 Å². The Kier molecular flexibility index (Phi) is 4.15. The number of esters is 1. The number of aromatic amines is 1. The summed E-state index contributed by atoms with van der Waals surface area (Å²) in [5.41, 5.74) is 3.74. The number of alkyl halides is 1. The third-order valence-electron chi connectivity index (χ3n) is 4.39. The van der Waals surface area contributed by atoms with Gasteiger partial charge >= 0.3 is 5.97 Å². The number of benzene rings is 1. The molecule has 1 aliphatic rings. The highest BCUT2D eigenvalue weighted by atomic mass is 35.5. The second kappa shape index (κ2) is 5.84. The molecule has 1 unspecified atom stereocenters. The topological polar surface area (TPSA) is 54.1 Å². The number of hydrogen-bond donors (Lipinski definition) is 2. The molecule has 1 aromatic heterocycles. The van der Waals surface area contributed by atoms with E-state index in [1.54, 1.807) is 0 Å². The molecule has 2 N–H and O–H groups in total. The summed E-state index contributed by atoms with van der Waals surface area (Å²) in [6, 6.07) is 5.80. The fourth-order valence-electron chi connectivity index (χ4n) is 3.38. The third-order valence-corrected chi connectivity index (χ3v) is 4.69. The van der Waals surface area contributed by atoms with Crippen LogP contribution in [0.5, 0.6) is 0 Å². The smallest absolute Gasteiger partial charge is 0.339 e. The number of fused-ring (bicyclic) bond motifs is 3. The summed E-state index contributed by atoms with van der Waals surface area (Å²) in [7, 11) is 0. The van der Waals surface area contributed by atoms with Crippen LogP contribution in [0.15, 0.2) is 18.2 Å². The van der Waals surface area contributed by atoms with Crippen molar-refractivity contribution < 1.29 is 9.53 Å². The first-order valence-corrected chi connectivity index (χ1v) is 8.54. The van der Waals surface area contributed by atoms with E-state index in [1.807, 2.05) is 32.0 Å². The molecule has 0 saturated carbocycles. The number of carbonyl (C=O) groups excluding carboxylic acids is 1. The van der Waals surface area contributed by atoms with E-state index in [-0.39, 0.29) is 23.5 Å². The summed E-state index contributed by atoms with van der Waals surface area (Å²) in [5, 5.41) is 4.45. The Bertz CT molecular complexity index is 749. The van der Waals surface area contributed by atoms with Crippen molar-refractivity contribution in [2.45, 2.75) is 45.3 Å². The molecule has 4 nitrogen and oxygen atoms in total. The number of ether oxygens (including phenoxy) is 1. The largest absolute Gasteiger partial charge is 0.459 e. The summed E-state index contributed by atoms with van der Waals surface area (Å²) in [6.07, 6.45) is -0.141. The molecule has 1 aliphatic heterocycles. The van der Waals surface area contributed by atoms with Crippen molar-refractivity contribution in [3.8, 4) is 0 Å². The zero-order valence-corrected chi connectivity index (χ0v) is 14.8. The van der Waals surface area contributed by atoms with Crippen LogP contribution in [-0.4, -0.2) is 29.5 Å². The van der Waals surface area contributed by atoms with Crippen molar-refractivity contribution in [3.05, 3.63) is 35.0 Å². The van der Waals surface area contributed by atoms with E-state index in [9.17, 15) is 4.79 Å². The van der Waals surface area contributed by atoms with Crippen molar-refractivity contribution in [1.29, 1.82) is 0 Å². The lowest BCUT2D eigenvalue weighted by Gasteiger charge is -2.35. The minimum absolute atomic E-state index is 0.0704. The maximum atomic E-state index is 12.5. The van der Waals surface area contributed by atoms with Gasteiger partial charge in [-0.3, -0.25) is 0 Å². The number of nitrogens with one attached hydrogen (secondary N) is 2. The fraction of sp³-hybridized carbons (Fsp3) is 0.500. The number of aromatic nitrogens is 1. The molecule has 23 heavy (non-hydrogen) atoms. The molecule has 0 amide bonds. The summed E-state index contributed by atoms with van der Waals surface area (Å²) >= 11 is 6.13. The molecule has 1 aromatic carbocycles. The van der Waals surface area contributed by atoms with E-state index in [0.29, 0.717) is 11.4 Å². The predicted octanol–water partition coefficient (Wildman–Crippen LogP) is 3.89. The average molecular weight is 335 g/mol. The SMILES string of the molecule is CC(C)OC(=O)c1cccc2[nH]c3c(c12)C(C)(C)CNC3CCl. The van der Waals surface area contributed by atoms with Gasteiger partial charge in [-0.05, 0) is 31.5 Å². The van der Waals surface area contributed by atoms with Gasteiger partial charge in [-0.2, -0.15) is 0 Å². The summed E-state index contributed by atoms with van der Waals surface area (Å²) in [4.78, 5) is 16.0. The van der Waals surface area contributed by atoms with Gasteiger partial charge in [0.05, 0.1) is 17.7 Å². The van der Waals surface area contributed by atoms with Crippen molar-refractivity contribution in [2.24, 2.45) is 0 Å². The van der Waals surface area contributed by atoms with Gasteiger partial charge in [-0.1, -0.05) is 19.9 Å². The summed E-state index contributed by atoms with van der Waals surface area (Å²) in [6.45, 7) is 8.91. The van der Waals surface area contributed by atoms with Gasteiger partial charge in [0.15, 0.2) is 0 Å². The van der Waals surface area contributed by atoms with Gasteiger partial charge < -0.3 is 15.0 Å². The zero-order chi connectivity index (χ0) is 16.8. The van der Waals surface area contributed by atoms with E-state index >= 15 is 0 Å². The second-order valence-corrected chi connectivity index (χ2v) is 7.38. The molecule has 1 atom stereocenters. The van der Waals surface area contributed by atoms with Gasteiger partial charge in [0.2, 0.25) is 0 Å². The van der Waals surface area contributed by atoms with Crippen LogP contribution in [0.25, 0.3) is 10.9 Å². The van der Waals surface area contributed by atoms with E-state index in [1.165, 1.54) is 5.56 Å². The van der Waals surface area contributed by atoms with E-state index in [2.05, 4.69) is 24.1 Å². The molecule has 0 spiro atoms. The van der Waals surface area contributed by atoms with Crippen molar-refractivity contribution in [3.63, 3.8) is 0 Å². The predicted molar refractivity (Wildman–Crippen MR) is 93.3 cm³/mol. The molecule has 0 radical (unpaired) electrons. The van der Waals surface area contributed by atoms with Crippen LogP contribution < -0.4 is 5.32 Å². The van der Waals surface area contributed by atoms with Crippen molar-refractivity contribution >= 4 is 28.5 Å². The highest BCUT2D eigenvalue weighted by Gasteiger charge is 2.36. The Balaban J connectivity index is 2.25. The molecular weight excluding hydrogens is 312 g/mol. The minimum Gasteiger partial charge on any atom is -0.459 e. The lowest BCUT2D eigenvalue weighted by molar-refractivity contribution is 0.0380. The highest BCUT2D eigenvalue weighted by molar-refractivity contribution is 6.18. The number of hydrogen-bond acceptors (Lipinski definition) is 3. The Labute approximate surface area is 141 Å². The Morgan fingerprint density at radius 1 is 1.43 bits per heavy atom. The standard InChI is InChI=1S/C18H23ClN2O2/c1-10(2)23-17(22)11-6-5-7-12-14(11)15-16(21-12)13(8-19)20-9-18(15,3)4/h5-7,10,13,20-21H,8-9H2,1-4H3. The zero-order valence-electron chi connectivity index (χ0n) is 14.0. The molecule has 0 bridgehead atoms. The monoisotopic (exact) mass is 334 g/mol. The Morgan fingerprint density at radius 3 is 2.83 bits per heavy atom. The van der Waals surface area contributed by atoms with Crippen molar-refractivity contribution in [2.75, 3.05) is 12.4 Å². The lowest BCUT2D eigenvalue weighted by Crippen LogP contribution is -2.42. The second-order valence-electron chi connectivity index (χ2n) is 7.07. The summed E-state index contributed by atoms with van der Waals surface area (Å²) in [5.74, 6) is 0.214. The normalized spacial score (nSPS) is 19.8. The molecule has 0 fully saturated rings. The summed E-state index contributed by atoms with van der Waals surface area (Å²) < 4.78 is 5.43. The fourth-order valence-corrected chi connectivity index (χ4v) is 3.64. The first kappa shape index (κ1) is 16.3. The molecule has 2 aromatic rings. The van der Waals surface area contributed by atoms with Crippen LogP contribution in [0.1, 0.15) is 55.4 Å². The number of rotatable bonds is 3. The maximum Gasteiger partial charge on any atom is 0.339 e. The van der Waals surface area contributed by atoms with Crippen LogP contribution in [0.4, 0.5) is 0 Å². The third kappa shape index (κ3) is 2.74. The van der Waals surface area contributed by atoms with E-state index in [4.69, 9.17) is 16.3 Å². The Morgan fingerprint density at radius 2 is 2.17 bits per heavy atom. The molecule has 124 valence electrons. The van der Waals surface area contributed by atoms with Crippen LogP contribution in [0.3, 0.4) is 0 Å². The van der Waals surface area contributed by atoms with Crippen LogP contribution in [0.2, 0.25) is 0 Å². The minimum atomic E-state index is -0.274. The van der Waals surface area contributed by atoms with Crippen LogP contribution >= 0.6 is 11.6 Å². The van der Waals surface area contributed by atoms with Gasteiger partial charge in [0, 0.05) is 34.4 Å². The first-order valence-electron chi connectivity index (χ1n) is 8.00. The van der Waals surface area contributed by atoms with E-state index < -0.39 is 0 Å². The van der Waals surface area contributed by atoms with Gasteiger partial charge in [0.1, 0.15) is 0 Å². The van der Waals surface area contributed by atoms with Crippen LogP contribution in [-0.2, 0) is 10.2 Å². The van der Waals surface area contributed by atoms with E-state index in [0.717, 1.165) is 23.1 Å². The average Bonchev–Trinajstić information content (AvgIpc) is 2.87. The molecule has 0 saturated heterocycles. The molecular formula is C18H23ClN2O2.